The maximum atomic E-state index is 14.7. The molecular formula is C54H67ClN10O12S2. The number of aliphatic hydroxyl groups is 1. The monoisotopic (exact) mass is 1150 g/mol. The summed E-state index contributed by atoms with van der Waals surface area (Å²) in [6, 6.07) is 14.1. The number of hydrogen-bond donors (Lipinski definition) is 13. The number of phenols is 2. The fourth-order valence-electron chi connectivity index (χ4n) is 8.12. The number of unbranched alkanes of at least 4 members (excludes halogenated alkanes) is 1. The van der Waals surface area contributed by atoms with Gasteiger partial charge < -0.3 is 69.3 Å². The standard InChI is InChI=1S/C54H67ClN10O12S2/c1-30(66)46-54(77)64-44(53(76)61-40(48(57)71)25-33-10-19-37(67)20-11-33)29-79-78-28-43(59-45(69)23-14-31-8-17-36(55)18-9-31)52(75)63-42(27-34-12-21-38(68)22-13-34)51(74)62-41(26-32-6-15-35(16-7-32)47(56)70)50(73)60-39(49(72)65-46)5-3-4-24-58-2/h6-13,15-22,30,39-44,46,58,66-68H,3-5,14,23-29H2,1-2H3,(H2,56,70)(H2,57,71)(H,59,69)(H,60,73)(H,61,76)(H,62,74)(H,63,75)(H,64,77)(H,65,72)/t30?,39-,40+,41+,42-,43+,44-,46?/m0/s1. The first-order valence-corrected chi connectivity index (χ1v) is 28.2. The highest BCUT2D eigenvalue weighted by Crippen LogP contribution is 2.24. The van der Waals surface area contributed by atoms with E-state index in [9.17, 15) is 58.5 Å². The second-order valence-electron chi connectivity index (χ2n) is 18.9. The summed E-state index contributed by atoms with van der Waals surface area (Å²) in [7, 11) is 3.72. The third kappa shape index (κ3) is 20.7. The zero-order valence-electron chi connectivity index (χ0n) is 43.5. The van der Waals surface area contributed by atoms with Crippen LogP contribution in [-0.4, -0.2) is 142 Å². The first-order valence-electron chi connectivity index (χ1n) is 25.4. The van der Waals surface area contributed by atoms with E-state index in [1.165, 1.54) is 79.7 Å². The van der Waals surface area contributed by atoms with Gasteiger partial charge in [-0.3, -0.25) is 43.2 Å². The van der Waals surface area contributed by atoms with Crippen molar-refractivity contribution in [3.8, 4) is 11.5 Å². The summed E-state index contributed by atoms with van der Waals surface area (Å²) in [6.07, 6.45) is -1.03. The van der Waals surface area contributed by atoms with Gasteiger partial charge in [-0.05, 0) is 117 Å². The summed E-state index contributed by atoms with van der Waals surface area (Å²) in [5, 5.41) is 53.0. The number of carbonyl (C=O) groups excluding carboxylic acids is 9. The predicted octanol–water partition coefficient (Wildman–Crippen LogP) is 0.555. The van der Waals surface area contributed by atoms with Crippen molar-refractivity contribution in [2.24, 2.45) is 11.5 Å². The quantitative estimate of drug-likeness (QED) is 0.0425. The molecule has 1 aliphatic rings. The van der Waals surface area contributed by atoms with Gasteiger partial charge in [-0.15, -0.1) is 0 Å². The highest BCUT2D eigenvalue weighted by atomic mass is 35.5. The van der Waals surface area contributed by atoms with E-state index >= 15 is 0 Å². The van der Waals surface area contributed by atoms with E-state index in [2.05, 4.69) is 42.5 Å². The molecule has 0 aliphatic carbocycles. The molecule has 1 fully saturated rings. The van der Waals surface area contributed by atoms with Gasteiger partial charge in [0.05, 0.1) is 6.10 Å². The molecule has 2 unspecified atom stereocenters. The second kappa shape index (κ2) is 31.3. The number of primary amides is 2. The van der Waals surface area contributed by atoms with E-state index in [4.69, 9.17) is 23.1 Å². The molecule has 9 amide bonds. The summed E-state index contributed by atoms with van der Waals surface area (Å²) in [5.74, 6) is -8.19. The van der Waals surface area contributed by atoms with E-state index in [1.807, 2.05) is 0 Å². The molecule has 25 heteroatoms. The number of aliphatic hydroxyl groups excluding tert-OH is 1. The summed E-state index contributed by atoms with van der Waals surface area (Å²) in [5.41, 5.74) is 13.6. The molecule has 0 bridgehead atoms. The van der Waals surface area contributed by atoms with Gasteiger partial charge >= 0.3 is 0 Å². The zero-order chi connectivity index (χ0) is 57.6. The van der Waals surface area contributed by atoms with Crippen LogP contribution in [0.25, 0.3) is 0 Å². The number of phenolic OH excluding ortho intramolecular Hbond substituents is 2. The Labute approximate surface area is 469 Å². The van der Waals surface area contributed by atoms with Gasteiger partial charge in [-0.1, -0.05) is 81.7 Å². The topological polar surface area (TPSA) is 363 Å². The van der Waals surface area contributed by atoms with Crippen LogP contribution in [0.2, 0.25) is 5.02 Å². The summed E-state index contributed by atoms with van der Waals surface area (Å²) in [6.45, 7) is 1.76. The molecule has 15 N–H and O–H groups in total. The third-order valence-electron chi connectivity index (χ3n) is 12.6. The first kappa shape index (κ1) is 62.5. The molecule has 8 atom stereocenters. The third-order valence-corrected chi connectivity index (χ3v) is 15.3. The minimum absolute atomic E-state index is 0.00213. The molecule has 22 nitrogen and oxygen atoms in total. The molecule has 0 spiro atoms. The van der Waals surface area contributed by atoms with Crippen molar-refractivity contribution in [3.63, 3.8) is 0 Å². The van der Waals surface area contributed by atoms with Gasteiger partial charge in [0.25, 0.3) is 0 Å². The number of aryl methyl sites for hydroxylation is 1. The number of rotatable bonds is 20. The number of benzene rings is 4. The lowest BCUT2D eigenvalue weighted by Crippen LogP contribution is -2.62. The van der Waals surface area contributed by atoms with Gasteiger partial charge in [-0.2, -0.15) is 0 Å². The number of carbonyl (C=O) groups is 9. The van der Waals surface area contributed by atoms with Crippen molar-refractivity contribution in [1.82, 2.24) is 42.5 Å². The first-order chi connectivity index (χ1) is 37.7. The molecule has 1 aliphatic heterocycles. The highest BCUT2D eigenvalue weighted by molar-refractivity contribution is 8.76. The largest absolute Gasteiger partial charge is 0.508 e. The lowest BCUT2D eigenvalue weighted by molar-refractivity contribution is -0.136. The number of aromatic hydroxyl groups is 2. The Bertz CT molecular complexity index is 2740. The summed E-state index contributed by atoms with van der Waals surface area (Å²) < 4.78 is 0. The van der Waals surface area contributed by atoms with Gasteiger partial charge in [-0.25, -0.2) is 0 Å². The van der Waals surface area contributed by atoms with Crippen LogP contribution >= 0.6 is 33.2 Å². The Morgan fingerprint density at radius 2 is 1.18 bits per heavy atom. The van der Waals surface area contributed by atoms with Gasteiger partial charge in [0.15, 0.2) is 0 Å². The fraction of sp³-hybridized carbons (Fsp3) is 0.389. The van der Waals surface area contributed by atoms with Crippen LogP contribution in [0.15, 0.2) is 97.1 Å². The van der Waals surface area contributed by atoms with E-state index in [1.54, 1.807) is 31.3 Å². The smallest absolute Gasteiger partial charge is 0.248 e. The molecule has 0 radical (unpaired) electrons. The number of nitrogens with two attached hydrogens (primary N) is 2. The van der Waals surface area contributed by atoms with Crippen LogP contribution in [0.5, 0.6) is 11.5 Å². The lowest BCUT2D eigenvalue weighted by atomic mass is 10.00. The minimum Gasteiger partial charge on any atom is -0.508 e. The SMILES string of the molecule is CNCCCC[C@@H]1NC(=O)[C@@H](Cc2ccc(C(N)=O)cc2)NC(=O)[C@H](Cc2ccc(O)cc2)NC(=O)[C@H](NC(=O)CCc2ccc(Cl)cc2)CSSC[C@@H](C(=O)N[C@H](Cc2ccc(O)cc2)C(N)=O)NC(=O)C(C(C)O)NC1=O. The fourth-order valence-corrected chi connectivity index (χ4v) is 10.6. The minimum atomic E-state index is -1.73. The normalized spacial score (nSPS) is 20.6. The highest BCUT2D eigenvalue weighted by Gasteiger charge is 2.36. The average molecular weight is 1150 g/mol. The maximum Gasteiger partial charge on any atom is 0.248 e. The van der Waals surface area contributed by atoms with Gasteiger partial charge in [0.1, 0.15) is 53.8 Å². The molecule has 424 valence electrons. The molecule has 5 rings (SSSR count). The van der Waals surface area contributed by atoms with Crippen LogP contribution in [0.4, 0.5) is 0 Å². The summed E-state index contributed by atoms with van der Waals surface area (Å²) in [4.78, 5) is 125. The Balaban J connectivity index is 1.56. The molecule has 79 heavy (non-hydrogen) atoms. The molecule has 0 aromatic heterocycles. The Hall–Kier alpha value is -7.38. The molecule has 1 saturated heterocycles. The Morgan fingerprint density at radius 3 is 1.73 bits per heavy atom. The number of halogens is 1. The van der Waals surface area contributed by atoms with Gasteiger partial charge in [0.2, 0.25) is 53.2 Å². The van der Waals surface area contributed by atoms with Crippen molar-refractivity contribution in [3.05, 3.63) is 130 Å². The second-order valence-corrected chi connectivity index (χ2v) is 21.8. The van der Waals surface area contributed by atoms with Crippen molar-refractivity contribution >= 4 is 86.4 Å². The number of nitrogens with one attached hydrogen (secondary N) is 8. The zero-order valence-corrected chi connectivity index (χ0v) is 45.9. The van der Waals surface area contributed by atoms with Crippen LogP contribution in [0.3, 0.4) is 0 Å². The van der Waals surface area contributed by atoms with Crippen molar-refractivity contribution in [2.75, 3.05) is 25.1 Å². The van der Waals surface area contributed by atoms with Crippen LogP contribution in [0, 0.1) is 0 Å². The van der Waals surface area contributed by atoms with Gasteiger partial charge in [0, 0.05) is 47.8 Å². The van der Waals surface area contributed by atoms with Crippen LogP contribution in [0.1, 0.15) is 65.2 Å². The molecular weight excluding hydrogens is 1080 g/mol. The molecule has 1 heterocycles. The maximum absolute atomic E-state index is 14.7. The number of amides is 9. The van der Waals surface area contributed by atoms with Crippen LogP contribution < -0.4 is 54.0 Å². The molecule has 4 aromatic carbocycles. The average Bonchev–Trinajstić information content (AvgIpc) is 3.43. The van der Waals surface area contributed by atoms with Crippen molar-refractivity contribution in [2.45, 2.75) is 107 Å². The predicted molar refractivity (Wildman–Crippen MR) is 299 cm³/mol. The van der Waals surface area contributed by atoms with E-state index in [0.29, 0.717) is 41.1 Å². The van der Waals surface area contributed by atoms with E-state index < -0.39 is 102 Å². The Kier molecular flexibility index (Phi) is 24.7. The number of hydrogen-bond acceptors (Lipinski definition) is 15. The summed E-state index contributed by atoms with van der Waals surface area (Å²) >= 11 is 6.07. The molecule has 4 aromatic rings. The van der Waals surface area contributed by atoms with Crippen molar-refractivity contribution < 1.29 is 58.5 Å². The Morgan fingerprint density at radius 1 is 0.658 bits per heavy atom. The van der Waals surface area contributed by atoms with Crippen LogP contribution in [-0.2, 0) is 64.0 Å². The van der Waals surface area contributed by atoms with E-state index in [-0.39, 0.29) is 67.1 Å². The van der Waals surface area contributed by atoms with E-state index in [0.717, 1.165) is 27.2 Å². The molecule has 0 saturated carbocycles. The van der Waals surface area contributed by atoms with Crippen molar-refractivity contribution in [1.29, 1.82) is 0 Å². The lowest BCUT2D eigenvalue weighted by Gasteiger charge is -2.29.